The quantitative estimate of drug-likeness (QED) is 0.357. The molecule has 0 atom stereocenters. The lowest BCUT2D eigenvalue weighted by atomic mass is 9.97. The number of benzene rings is 2. The summed E-state index contributed by atoms with van der Waals surface area (Å²) in [4.78, 5) is 23.0. The number of rotatable bonds is 4. The third-order valence-electron chi connectivity index (χ3n) is 3.30. The van der Waals surface area contributed by atoms with Gasteiger partial charge >= 0.3 is 5.97 Å². The van der Waals surface area contributed by atoms with Crippen molar-refractivity contribution in [2.24, 2.45) is 5.41 Å². The SMILES string of the molecule is Cc1ccccc1OOc1c(C)cccc1OC(=O)C(C)(C)C. The van der Waals surface area contributed by atoms with E-state index in [1.54, 1.807) is 32.9 Å². The van der Waals surface area contributed by atoms with Crippen LogP contribution in [0, 0.1) is 19.3 Å². The van der Waals surface area contributed by atoms with Gasteiger partial charge in [-0.2, -0.15) is 0 Å². The van der Waals surface area contributed by atoms with Crippen LogP contribution < -0.4 is 14.5 Å². The Labute approximate surface area is 136 Å². The number of hydrogen-bond acceptors (Lipinski definition) is 4. The standard InChI is InChI=1S/C19H22O4/c1-13-9-6-7-11-15(13)22-23-17-14(2)10-8-12-16(17)21-18(20)19(3,4)5/h6-12H,1-5H3. The molecule has 0 aliphatic rings. The van der Waals surface area contributed by atoms with Crippen LogP contribution in [-0.4, -0.2) is 5.97 Å². The van der Waals surface area contributed by atoms with Crippen LogP contribution in [0.4, 0.5) is 0 Å². The highest BCUT2D eigenvalue weighted by atomic mass is 17.2. The van der Waals surface area contributed by atoms with Gasteiger partial charge < -0.3 is 4.74 Å². The molecule has 2 rings (SSSR count). The highest BCUT2D eigenvalue weighted by Crippen LogP contribution is 2.33. The monoisotopic (exact) mass is 314 g/mol. The van der Waals surface area contributed by atoms with Crippen LogP contribution in [0.2, 0.25) is 0 Å². The molecule has 0 saturated carbocycles. The van der Waals surface area contributed by atoms with Gasteiger partial charge in [0.15, 0.2) is 11.5 Å². The van der Waals surface area contributed by atoms with Gasteiger partial charge in [-0.05, 0) is 52.3 Å². The molecule has 0 aliphatic heterocycles. The Bertz CT molecular complexity index is 699. The summed E-state index contributed by atoms with van der Waals surface area (Å²) in [6, 6.07) is 12.9. The minimum atomic E-state index is -0.599. The minimum Gasteiger partial charge on any atom is -0.422 e. The van der Waals surface area contributed by atoms with Crippen molar-refractivity contribution in [3.8, 4) is 17.2 Å². The molecule has 4 nitrogen and oxygen atoms in total. The zero-order chi connectivity index (χ0) is 17.0. The maximum absolute atomic E-state index is 12.1. The molecule has 0 unspecified atom stereocenters. The molecule has 23 heavy (non-hydrogen) atoms. The largest absolute Gasteiger partial charge is 0.422 e. The Morgan fingerprint density at radius 3 is 2.09 bits per heavy atom. The van der Waals surface area contributed by atoms with Crippen molar-refractivity contribution in [3.63, 3.8) is 0 Å². The third kappa shape index (κ3) is 4.25. The average molecular weight is 314 g/mol. The second-order valence-corrected chi connectivity index (χ2v) is 6.47. The molecule has 0 aliphatic carbocycles. The van der Waals surface area contributed by atoms with E-state index in [4.69, 9.17) is 14.5 Å². The molecule has 0 N–H and O–H groups in total. The molecule has 0 amide bonds. The number of hydrogen-bond donors (Lipinski definition) is 0. The molecule has 0 spiro atoms. The van der Waals surface area contributed by atoms with E-state index in [1.807, 2.05) is 44.2 Å². The maximum atomic E-state index is 12.1. The highest BCUT2D eigenvalue weighted by Gasteiger charge is 2.25. The summed E-state index contributed by atoms with van der Waals surface area (Å²) in [7, 11) is 0. The van der Waals surface area contributed by atoms with E-state index in [9.17, 15) is 4.79 Å². The Balaban J connectivity index is 2.21. The predicted molar refractivity (Wildman–Crippen MR) is 88.7 cm³/mol. The molecule has 0 heterocycles. The molecule has 2 aromatic rings. The number of carbonyl (C=O) groups is 1. The van der Waals surface area contributed by atoms with Gasteiger partial charge in [0, 0.05) is 5.56 Å². The van der Waals surface area contributed by atoms with E-state index < -0.39 is 5.41 Å². The summed E-state index contributed by atoms with van der Waals surface area (Å²) in [5.74, 6) is 1.03. The van der Waals surface area contributed by atoms with E-state index >= 15 is 0 Å². The number of para-hydroxylation sites is 2. The Morgan fingerprint density at radius 2 is 1.43 bits per heavy atom. The molecular formula is C19H22O4. The third-order valence-corrected chi connectivity index (χ3v) is 3.30. The number of carbonyl (C=O) groups excluding carboxylic acids is 1. The van der Waals surface area contributed by atoms with E-state index in [0.29, 0.717) is 17.2 Å². The first-order valence-electron chi connectivity index (χ1n) is 7.51. The first-order valence-corrected chi connectivity index (χ1v) is 7.51. The van der Waals surface area contributed by atoms with Crippen LogP contribution in [0.5, 0.6) is 17.2 Å². The van der Waals surface area contributed by atoms with Crippen molar-refractivity contribution in [3.05, 3.63) is 53.6 Å². The highest BCUT2D eigenvalue weighted by molar-refractivity contribution is 5.78. The second-order valence-electron chi connectivity index (χ2n) is 6.47. The predicted octanol–water partition coefficient (Wildman–Crippen LogP) is 4.63. The number of aryl methyl sites for hydroxylation is 2. The molecule has 0 saturated heterocycles. The van der Waals surface area contributed by atoms with Gasteiger partial charge in [0.1, 0.15) is 0 Å². The summed E-state index contributed by atoms with van der Waals surface area (Å²) in [6.45, 7) is 9.20. The molecule has 122 valence electrons. The maximum Gasteiger partial charge on any atom is 0.316 e. The second kappa shape index (κ2) is 6.73. The fraction of sp³-hybridized carbons (Fsp3) is 0.316. The Kier molecular flexibility index (Phi) is 4.94. The van der Waals surface area contributed by atoms with Gasteiger partial charge in [0.25, 0.3) is 0 Å². The van der Waals surface area contributed by atoms with Crippen LogP contribution in [-0.2, 0) is 4.79 Å². The minimum absolute atomic E-state index is 0.330. The van der Waals surface area contributed by atoms with Gasteiger partial charge in [-0.3, -0.25) is 14.6 Å². The molecule has 4 heteroatoms. The molecular weight excluding hydrogens is 292 g/mol. The van der Waals surface area contributed by atoms with E-state index in [2.05, 4.69) is 0 Å². The number of ether oxygens (including phenoxy) is 1. The lowest BCUT2D eigenvalue weighted by Crippen LogP contribution is -2.26. The van der Waals surface area contributed by atoms with Gasteiger partial charge in [-0.15, -0.1) is 0 Å². The van der Waals surface area contributed by atoms with Gasteiger partial charge in [-0.25, -0.2) is 0 Å². The van der Waals surface area contributed by atoms with Gasteiger partial charge in [-0.1, -0.05) is 30.3 Å². The average Bonchev–Trinajstić information content (AvgIpc) is 2.47. The Hall–Kier alpha value is -2.49. The van der Waals surface area contributed by atoms with Crippen molar-refractivity contribution in [2.45, 2.75) is 34.6 Å². The molecule has 0 aromatic heterocycles. The molecule has 0 radical (unpaired) electrons. The van der Waals surface area contributed by atoms with Crippen LogP contribution in [0.1, 0.15) is 31.9 Å². The van der Waals surface area contributed by atoms with E-state index in [1.165, 1.54) is 0 Å². The summed E-state index contributed by atoms with van der Waals surface area (Å²) in [6.07, 6.45) is 0. The van der Waals surface area contributed by atoms with Gasteiger partial charge in [0.2, 0.25) is 5.75 Å². The lowest BCUT2D eigenvalue weighted by Gasteiger charge is -2.18. The van der Waals surface area contributed by atoms with Crippen LogP contribution >= 0.6 is 0 Å². The summed E-state index contributed by atoms with van der Waals surface area (Å²) in [5, 5.41) is 0. The van der Waals surface area contributed by atoms with Crippen LogP contribution in [0.15, 0.2) is 42.5 Å². The topological polar surface area (TPSA) is 44.8 Å². The molecule has 0 fully saturated rings. The zero-order valence-corrected chi connectivity index (χ0v) is 14.2. The molecule has 2 aromatic carbocycles. The smallest absolute Gasteiger partial charge is 0.316 e. The normalized spacial score (nSPS) is 11.0. The van der Waals surface area contributed by atoms with Crippen LogP contribution in [0.3, 0.4) is 0 Å². The van der Waals surface area contributed by atoms with Gasteiger partial charge in [0.05, 0.1) is 5.41 Å². The fourth-order valence-electron chi connectivity index (χ4n) is 1.80. The van der Waals surface area contributed by atoms with Crippen molar-refractivity contribution in [2.75, 3.05) is 0 Å². The summed E-state index contributed by atoms with van der Waals surface area (Å²) >= 11 is 0. The fourth-order valence-corrected chi connectivity index (χ4v) is 1.80. The van der Waals surface area contributed by atoms with Crippen molar-refractivity contribution >= 4 is 5.97 Å². The van der Waals surface area contributed by atoms with E-state index in [-0.39, 0.29) is 5.97 Å². The zero-order valence-electron chi connectivity index (χ0n) is 14.2. The summed E-state index contributed by atoms with van der Waals surface area (Å²) < 4.78 is 5.47. The van der Waals surface area contributed by atoms with Crippen molar-refractivity contribution in [1.29, 1.82) is 0 Å². The molecule has 0 bridgehead atoms. The first kappa shape index (κ1) is 16.9. The Morgan fingerprint density at radius 1 is 0.826 bits per heavy atom. The first-order chi connectivity index (χ1) is 10.8. The van der Waals surface area contributed by atoms with Crippen molar-refractivity contribution < 1.29 is 19.3 Å². The van der Waals surface area contributed by atoms with E-state index in [0.717, 1.165) is 11.1 Å². The summed E-state index contributed by atoms with van der Waals surface area (Å²) in [5.41, 5.74) is 1.17. The van der Waals surface area contributed by atoms with Crippen LogP contribution in [0.25, 0.3) is 0 Å². The lowest BCUT2D eigenvalue weighted by molar-refractivity contribution is -0.144. The van der Waals surface area contributed by atoms with Crippen molar-refractivity contribution in [1.82, 2.24) is 0 Å². The number of esters is 1.